The highest BCUT2D eigenvalue weighted by atomic mass is 32.2. The molecule has 1 atom stereocenters. The Hall–Kier alpha value is -2.97. The van der Waals surface area contributed by atoms with E-state index >= 15 is 0 Å². The maximum absolute atomic E-state index is 13.6. The maximum atomic E-state index is 13.6. The molecule has 158 valence electrons. The summed E-state index contributed by atoms with van der Waals surface area (Å²) in [6.07, 6.45) is 1.97. The van der Waals surface area contributed by atoms with E-state index in [0.717, 1.165) is 11.3 Å². The molecule has 0 amide bonds. The molecule has 2 aromatic carbocycles. The Morgan fingerprint density at radius 3 is 2.13 bits per heavy atom. The Kier molecular flexibility index (Phi) is 5.44. The zero-order valence-electron chi connectivity index (χ0n) is 17.1. The summed E-state index contributed by atoms with van der Waals surface area (Å²) in [5, 5.41) is 0. The van der Waals surface area contributed by atoms with Gasteiger partial charge in [0.2, 0.25) is 15.8 Å². The van der Waals surface area contributed by atoms with Crippen molar-refractivity contribution < 1.29 is 22.6 Å². The van der Waals surface area contributed by atoms with Crippen LogP contribution in [0.25, 0.3) is 0 Å². The van der Waals surface area contributed by atoms with Crippen LogP contribution in [-0.2, 0) is 16.6 Å². The third-order valence-corrected chi connectivity index (χ3v) is 7.23. The van der Waals surface area contributed by atoms with E-state index in [4.69, 9.17) is 14.2 Å². The summed E-state index contributed by atoms with van der Waals surface area (Å²) in [7, 11) is 0.902. The molecule has 7 nitrogen and oxygen atoms in total. The number of nitrogens with zero attached hydrogens (tertiary/aromatic N) is 2. The molecule has 8 heteroatoms. The number of ether oxygens (including phenoxy) is 3. The summed E-state index contributed by atoms with van der Waals surface area (Å²) in [5.41, 5.74) is 1.62. The molecule has 3 aromatic rings. The van der Waals surface area contributed by atoms with Crippen LogP contribution in [0, 0.1) is 0 Å². The first-order valence-electron chi connectivity index (χ1n) is 9.53. The van der Waals surface area contributed by atoms with Gasteiger partial charge in [-0.3, -0.25) is 0 Å². The van der Waals surface area contributed by atoms with Crippen molar-refractivity contribution in [1.29, 1.82) is 0 Å². The van der Waals surface area contributed by atoms with E-state index in [9.17, 15) is 8.42 Å². The number of benzene rings is 2. The molecule has 0 fully saturated rings. The lowest BCUT2D eigenvalue weighted by Crippen LogP contribution is -2.42. The fourth-order valence-electron chi connectivity index (χ4n) is 3.95. The molecule has 0 spiro atoms. The van der Waals surface area contributed by atoms with E-state index in [2.05, 4.69) is 4.57 Å². The van der Waals surface area contributed by atoms with E-state index in [1.807, 2.05) is 30.5 Å². The molecule has 0 bridgehead atoms. The molecule has 0 N–H and O–H groups in total. The number of methoxy groups -OCH3 is 3. The highest BCUT2D eigenvalue weighted by Gasteiger charge is 2.38. The molecule has 1 aliphatic rings. The standard InChI is InChI=1S/C22H24N2O5S/c1-27-19-14-16(15-20(28-2)22(19)29-3)21-18-10-7-11-23(18)12-13-24(21)30(25,26)17-8-5-4-6-9-17/h4-11,14-15,21H,12-13H2,1-3H3. The number of fused-ring (bicyclic) bond motifs is 1. The minimum Gasteiger partial charge on any atom is -0.493 e. The van der Waals surface area contributed by atoms with Gasteiger partial charge in [0.25, 0.3) is 0 Å². The normalized spacial score (nSPS) is 16.7. The average molecular weight is 429 g/mol. The molecule has 0 aliphatic carbocycles. The Balaban J connectivity index is 1.91. The zero-order chi connectivity index (χ0) is 21.3. The van der Waals surface area contributed by atoms with Crippen molar-refractivity contribution in [2.24, 2.45) is 0 Å². The summed E-state index contributed by atoms with van der Waals surface area (Å²) in [4.78, 5) is 0.266. The number of sulfonamides is 1. The monoisotopic (exact) mass is 428 g/mol. The summed E-state index contributed by atoms with van der Waals surface area (Å²) in [6.45, 7) is 0.926. The van der Waals surface area contributed by atoms with Gasteiger partial charge in [0.1, 0.15) is 0 Å². The van der Waals surface area contributed by atoms with Crippen molar-refractivity contribution >= 4 is 10.0 Å². The predicted octanol–water partition coefficient (Wildman–Crippen LogP) is 3.31. The van der Waals surface area contributed by atoms with Crippen molar-refractivity contribution in [2.75, 3.05) is 27.9 Å². The Morgan fingerprint density at radius 1 is 0.867 bits per heavy atom. The fourth-order valence-corrected chi connectivity index (χ4v) is 5.55. The first-order chi connectivity index (χ1) is 14.5. The molecule has 30 heavy (non-hydrogen) atoms. The van der Waals surface area contributed by atoms with Crippen molar-refractivity contribution in [3.63, 3.8) is 0 Å². The van der Waals surface area contributed by atoms with Crippen LogP contribution in [0.3, 0.4) is 0 Å². The number of hydrogen-bond acceptors (Lipinski definition) is 5. The summed E-state index contributed by atoms with van der Waals surface area (Å²) in [6, 6.07) is 15.5. The van der Waals surface area contributed by atoms with Crippen LogP contribution in [0.15, 0.2) is 65.7 Å². The zero-order valence-corrected chi connectivity index (χ0v) is 17.9. The minimum atomic E-state index is -3.73. The third-order valence-electron chi connectivity index (χ3n) is 5.35. The van der Waals surface area contributed by atoms with Gasteiger partial charge in [0, 0.05) is 25.0 Å². The number of hydrogen-bond donors (Lipinski definition) is 0. The fraction of sp³-hybridized carbons (Fsp3) is 0.273. The number of rotatable bonds is 6. The maximum Gasteiger partial charge on any atom is 0.244 e. The van der Waals surface area contributed by atoms with Crippen LogP contribution in [0.4, 0.5) is 0 Å². The van der Waals surface area contributed by atoms with E-state index in [0.29, 0.717) is 30.3 Å². The molecule has 0 saturated heterocycles. The second kappa shape index (κ2) is 8.04. The SMILES string of the molecule is COc1cc(C2c3cccn3CCN2S(=O)(=O)c2ccccc2)cc(OC)c1OC. The molecule has 1 unspecified atom stereocenters. The van der Waals surface area contributed by atoms with Gasteiger partial charge >= 0.3 is 0 Å². The van der Waals surface area contributed by atoms with Crippen molar-refractivity contribution in [1.82, 2.24) is 8.87 Å². The van der Waals surface area contributed by atoms with Crippen LogP contribution in [0.2, 0.25) is 0 Å². The minimum absolute atomic E-state index is 0.266. The molecule has 2 heterocycles. The summed E-state index contributed by atoms with van der Waals surface area (Å²) < 4.78 is 47.2. The van der Waals surface area contributed by atoms with Crippen LogP contribution in [0.5, 0.6) is 17.2 Å². The smallest absolute Gasteiger partial charge is 0.244 e. The van der Waals surface area contributed by atoms with Gasteiger partial charge in [0.15, 0.2) is 11.5 Å². The lowest BCUT2D eigenvalue weighted by Gasteiger charge is -2.36. The van der Waals surface area contributed by atoms with Crippen molar-refractivity contribution in [3.8, 4) is 17.2 Å². The average Bonchev–Trinajstić information content (AvgIpc) is 3.26. The van der Waals surface area contributed by atoms with Crippen molar-refractivity contribution in [2.45, 2.75) is 17.5 Å². The third kappa shape index (κ3) is 3.32. The second-order valence-electron chi connectivity index (χ2n) is 6.92. The molecule has 1 aromatic heterocycles. The Bertz CT molecular complexity index is 1120. The van der Waals surface area contributed by atoms with Gasteiger partial charge in [-0.05, 0) is 42.0 Å². The topological polar surface area (TPSA) is 70.0 Å². The molecular formula is C22H24N2O5S. The predicted molar refractivity (Wildman–Crippen MR) is 113 cm³/mol. The van der Waals surface area contributed by atoms with Gasteiger partial charge in [-0.15, -0.1) is 0 Å². The first kappa shape index (κ1) is 20.3. The Morgan fingerprint density at radius 2 is 1.53 bits per heavy atom. The van der Waals surface area contributed by atoms with Crippen LogP contribution < -0.4 is 14.2 Å². The number of aromatic nitrogens is 1. The van der Waals surface area contributed by atoms with E-state index in [-0.39, 0.29) is 4.90 Å². The quantitative estimate of drug-likeness (QED) is 0.603. The van der Waals surface area contributed by atoms with Crippen molar-refractivity contribution in [3.05, 3.63) is 72.1 Å². The van der Waals surface area contributed by atoms with E-state index in [1.165, 1.54) is 7.11 Å². The van der Waals surface area contributed by atoms with E-state index < -0.39 is 16.1 Å². The molecule has 0 radical (unpaired) electrons. The van der Waals surface area contributed by atoms with Gasteiger partial charge in [-0.1, -0.05) is 18.2 Å². The second-order valence-corrected chi connectivity index (χ2v) is 8.81. The van der Waals surface area contributed by atoms with Crippen LogP contribution in [0.1, 0.15) is 17.3 Å². The van der Waals surface area contributed by atoms with Crippen LogP contribution >= 0.6 is 0 Å². The first-order valence-corrected chi connectivity index (χ1v) is 11.0. The molecule has 4 rings (SSSR count). The molecule has 1 aliphatic heterocycles. The Labute approximate surface area is 176 Å². The summed E-state index contributed by atoms with van der Waals surface area (Å²) >= 11 is 0. The lowest BCUT2D eigenvalue weighted by atomic mass is 10.0. The van der Waals surface area contributed by atoms with Gasteiger partial charge in [-0.25, -0.2) is 8.42 Å². The van der Waals surface area contributed by atoms with Gasteiger partial charge in [0.05, 0.1) is 32.3 Å². The van der Waals surface area contributed by atoms with Gasteiger partial charge in [-0.2, -0.15) is 4.31 Å². The highest BCUT2D eigenvalue weighted by Crippen LogP contribution is 2.44. The summed E-state index contributed by atoms with van der Waals surface area (Å²) in [5.74, 6) is 1.42. The van der Waals surface area contributed by atoms with Crippen LogP contribution in [-0.4, -0.2) is 45.2 Å². The van der Waals surface area contributed by atoms with E-state index in [1.54, 1.807) is 48.9 Å². The molecule has 0 saturated carbocycles. The largest absolute Gasteiger partial charge is 0.493 e. The van der Waals surface area contributed by atoms with Gasteiger partial charge < -0.3 is 18.8 Å². The molecular weight excluding hydrogens is 404 g/mol. The lowest BCUT2D eigenvalue weighted by molar-refractivity contribution is 0.293. The highest BCUT2D eigenvalue weighted by molar-refractivity contribution is 7.89.